The fourth-order valence-electron chi connectivity index (χ4n) is 5.89. The van der Waals surface area contributed by atoms with Gasteiger partial charge in [0, 0.05) is 18.4 Å². The Morgan fingerprint density at radius 3 is 2.15 bits per heavy atom. The van der Waals surface area contributed by atoms with Crippen LogP contribution >= 0.6 is 0 Å². The first kappa shape index (κ1) is 26.8. The van der Waals surface area contributed by atoms with Crippen LogP contribution in [0.2, 0.25) is 0 Å². The molecular weight excluding hydrogens is 506 g/mol. The number of nitrogens with one attached hydrogen (secondary N) is 2. The summed E-state index contributed by atoms with van der Waals surface area (Å²) in [5, 5.41) is 12.8. The van der Waals surface area contributed by atoms with E-state index in [9.17, 15) is 10.2 Å². The van der Waals surface area contributed by atoms with Crippen LogP contribution in [0.1, 0.15) is 52.9 Å². The molecule has 0 aliphatic heterocycles. The van der Waals surface area contributed by atoms with Gasteiger partial charge in [-0.15, -0.1) is 0 Å². The maximum atomic E-state index is 13.0. The number of para-hydroxylation sites is 2. The number of amides is 1. The Morgan fingerprint density at radius 2 is 1.51 bits per heavy atom. The van der Waals surface area contributed by atoms with Gasteiger partial charge in [0.1, 0.15) is 0 Å². The molecule has 208 valence electrons. The standard InChI is InChI=1S/C35H37N5O/c1-24-10-14-26(15-11-24)21-30(23-38-33(41)22-29-7-5-6-20-37-29)39-31-8-3-4-9-32(31)40(35(39)36)34(28-18-19-28)27-16-12-25(2)13-17-27/h3-17,20,28,30,34,36H,18-19,21-23H2,1-2H3,(H,38,41)/t30-,34?/m0/s1. The Morgan fingerprint density at radius 1 is 0.878 bits per heavy atom. The first-order chi connectivity index (χ1) is 20.0. The van der Waals surface area contributed by atoms with Gasteiger partial charge in [-0.25, -0.2) is 0 Å². The summed E-state index contributed by atoms with van der Waals surface area (Å²) < 4.78 is 4.37. The van der Waals surface area contributed by atoms with Crippen LogP contribution in [0.25, 0.3) is 11.0 Å². The maximum absolute atomic E-state index is 13.0. The molecule has 6 nitrogen and oxygen atoms in total. The molecule has 0 saturated heterocycles. The molecular formula is C35H37N5O. The van der Waals surface area contributed by atoms with Crippen molar-refractivity contribution in [1.29, 1.82) is 5.41 Å². The zero-order chi connectivity index (χ0) is 28.3. The van der Waals surface area contributed by atoms with Crippen molar-refractivity contribution < 1.29 is 4.79 Å². The average Bonchev–Trinajstić information content (AvgIpc) is 3.78. The number of hydrogen-bond donors (Lipinski definition) is 2. The lowest BCUT2D eigenvalue weighted by Gasteiger charge is -2.22. The van der Waals surface area contributed by atoms with Crippen LogP contribution in [-0.4, -0.2) is 26.6 Å². The number of imidazole rings is 1. The largest absolute Gasteiger partial charge is 0.354 e. The SMILES string of the molecule is Cc1ccc(C[C@@H](CNC(=O)Cc2ccccn2)n2c(=N)n(C(c3ccc(C)cc3)C3CC3)c3ccccc32)cc1. The van der Waals surface area contributed by atoms with Crippen LogP contribution in [-0.2, 0) is 17.6 Å². The predicted molar refractivity (Wildman–Crippen MR) is 163 cm³/mol. The smallest absolute Gasteiger partial charge is 0.226 e. The fraction of sp³-hybridized carbons (Fsp3) is 0.286. The number of aromatic nitrogens is 3. The third-order valence-corrected chi connectivity index (χ3v) is 8.18. The summed E-state index contributed by atoms with van der Waals surface area (Å²) in [6.45, 7) is 4.62. The molecule has 2 aromatic heterocycles. The van der Waals surface area contributed by atoms with Crippen molar-refractivity contribution in [3.63, 3.8) is 0 Å². The Hall–Kier alpha value is -4.45. The third kappa shape index (κ3) is 5.87. The lowest BCUT2D eigenvalue weighted by molar-refractivity contribution is -0.120. The third-order valence-electron chi connectivity index (χ3n) is 8.18. The van der Waals surface area contributed by atoms with Gasteiger partial charge in [-0.3, -0.25) is 15.2 Å². The second-order valence-electron chi connectivity index (χ2n) is 11.4. The van der Waals surface area contributed by atoms with Gasteiger partial charge >= 0.3 is 0 Å². The van der Waals surface area contributed by atoms with Crippen LogP contribution in [0.4, 0.5) is 0 Å². The van der Waals surface area contributed by atoms with Crippen LogP contribution in [0.15, 0.2) is 97.2 Å². The number of benzene rings is 3. The first-order valence-corrected chi connectivity index (χ1v) is 14.5. The number of fused-ring (bicyclic) bond motifs is 1. The van der Waals surface area contributed by atoms with Gasteiger partial charge in [-0.2, -0.15) is 0 Å². The van der Waals surface area contributed by atoms with E-state index in [2.05, 4.69) is 100 Å². The number of rotatable bonds is 10. The van der Waals surface area contributed by atoms with Crippen molar-refractivity contribution >= 4 is 16.9 Å². The minimum atomic E-state index is -0.137. The molecule has 1 aliphatic carbocycles. The fourth-order valence-corrected chi connectivity index (χ4v) is 5.89. The van der Waals surface area contributed by atoms with Crippen LogP contribution in [0, 0.1) is 25.2 Å². The molecule has 0 spiro atoms. The van der Waals surface area contributed by atoms with Crippen LogP contribution in [0.3, 0.4) is 0 Å². The predicted octanol–water partition coefficient (Wildman–Crippen LogP) is 6.08. The quantitative estimate of drug-likeness (QED) is 0.224. The van der Waals surface area contributed by atoms with E-state index in [-0.39, 0.29) is 24.4 Å². The second kappa shape index (κ2) is 11.6. The molecule has 0 bridgehead atoms. The molecule has 6 rings (SSSR count). The molecule has 1 saturated carbocycles. The van der Waals surface area contributed by atoms with Gasteiger partial charge in [-0.1, -0.05) is 77.9 Å². The molecule has 0 radical (unpaired) electrons. The lowest BCUT2D eigenvalue weighted by Crippen LogP contribution is -2.38. The van der Waals surface area contributed by atoms with Crippen molar-refractivity contribution in [3.05, 3.63) is 131 Å². The summed E-state index contributed by atoms with van der Waals surface area (Å²) in [7, 11) is 0. The first-order valence-electron chi connectivity index (χ1n) is 14.5. The van der Waals surface area contributed by atoms with Crippen molar-refractivity contribution in [2.45, 2.75) is 51.6 Å². The van der Waals surface area contributed by atoms with Gasteiger partial charge in [-0.05, 0) is 74.4 Å². The molecule has 1 amide bonds. The highest BCUT2D eigenvalue weighted by Gasteiger charge is 2.36. The highest BCUT2D eigenvalue weighted by atomic mass is 16.1. The van der Waals surface area contributed by atoms with E-state index in [0.717, 1.165) is 16.7 Å². The molecule has 5 aromatic rings. The Balaban J connectivity index is 1.40. The Kier molecular flexibility index (Phi) is 7.55. The highest BCUT2D eigenvalue weighted by Crippen LogP contribution is 2.44. The number of aryl methyl sites for hydroxylation is 2. The topological polar surface area (TPSA) is 75.7 Å². The van der Waals surface area contributed by atoms with Gasteiger partial charge in [0.2, 0.25) is 11.5 Å². The summed E-state index contributed by atoms with van der Waals surface area (Å²) in [6, 6.07) is 31.3. The molecule has 2 heterocycles. The summed E-state index contributed by atoms with van der Waals surface area (Å²) in [5.41, 5.74) is 8.18. The number of pyridine rings is 1. The maximum Gasteiger partial charge on any atom is 0.226 e. The molecule has 6 heteroatoms. The zero-order valence-electron chi connectivity index (χ0n) is 23.8. The Labute approximate surface area is 241 Å². The van der Waals surface area contributed by atoms with E-state index < -0.39 is 0 Å². The van der Waals surface area contributed by atoms with Gasteiger partial charge < -0.3 is 14.5 Å². The minimum absolute atomic E-state index is 0.0658. The summed E-state index contributed by atoms with van der Waals surface area (Å²) in [4.78, 5) is 17.3. The summed E-state index contributed by atoms with van der Waals surface area (Å²) in [5.74, 6) is 0.448. The average molecular weight is 544 g/mol. The monoisotopic (exact) mass is 543 g/mol. The number of hydrogen-bond acceptors (Lipinski definition) is 3. The van der Waals surface area contributed by atoms with Crippen LogP contribution in [0.5, 0.6) is 0 Å². The lowest BCUT2D eigenvalue weighted by atomic mass is 10.0. The zero-order valence-corrected chi connectivity index (χ0v) is 23.8. The van der Waals surface area contributed by atoms with E-state index in [1.807, 2.05) is 24.3 Å². The van der Waals surface area contributed by atoms with E-state index >= 15 is 0 Å². The number of carbonyl (C=O) groups excluding carboxylic acids is 1. The van der Waals surface area contributed by atoms with Crippen molar-refractivity contribution in [1.82, 2.24) is 19.4 Å². The van der Waals surface area contributed by atoms with Crippen LogP contribution < -0.4 is 10.9 Å². The van der Waals surface area contributed by atoms with Gasteiger partial charge in [0.25, 0.3) is 0 Å². The Bertz CT molecular complexity index is 1700. The second-order valence-corrected chi connectivity index (χ2v) is 11.4. The number of nitrogens with zero attached hydrogens (tertiary/aromatic N) is 3. The molecule has 2 atom stereocenters. The normalized spacial score (nSPS) is 14.6. The molecule has 1 fully saturated rings. The molecule has 1 unspecified atom stereocenters. The van der Waals surface area contributed by atoms with Crippen molar-refractivity contribution in [2.24, 2.45) is 5.92 Å². The molecule has 1 aliphatic rings. The van der Waals surface area contributed by atoms with Crippen molar-refractivity contribution in [3.8, 4) is 0 Å². The summed E-state index contributed by atoms with van der Waals surface area (Å²) in [6.07, 6.45) is 4.98. The molecule has 3 aromatic carbocycles. The minimum Gasteiger partial charge on any atom is -0.354 e. The van der Waals surface area contributed by atoms with Gasteiger partial charge in [0.05, 0.1) is 29.5 Å². The van der Waals surface area contributed by atoms with E-state index in [0.29, 0.717) is 24.5 Å². The van der Waals surface area contributed by atoms with E-state index in [1.54, 1.807) is 6.20 Å². The van der Waals surface area contributed by atoms with Gasteiger partial charge in [0.15, 0.2) is 0 Å². The van der Waals surface area contributed by atoms with Crippen molar-refractivity contribution in [2.75, 3.05) is 6.54 Å². The number of carbonyl (C=O) groups is 1. The van der Waals surface area contributed by atoms with E-state index in [4.69, 9.17) is 0 Å². The van der Waals surface area contributed by atoms with E-state index in [1.165, 1.54) is 35.1 Å². The molecule has 41 heavy (non-hydrogen) atoms. The highest BCUT2D eigenvalue weighted by molar-refractivity contribution is 5.78. The summed E-state index contributed by atoms with van der Waals surface area (Å²) >= 11 is 0. The molecule has 2 N–H and O–H groups in total.